The molecular formula is C14H16N2O2. The van der Waals surface area contributed by atoms with Crippen LogP contribution in [0, 0.1) is 0 Å². The maximum Gasteiger partial charge on any atom is 0.127 e. The highest BCUT2D eigenvalue weighted by Gasteiger charge is 2.08. The first kappa shape index (κ1) is 12.4. The lowest BCUT2D eigenvalue weighted by Crippen LogP contribution is -2.05. The van der Waals surface area contributed by atoms with Gasteiger partial charge < -0.3 is 15.2 Å². The minimum absolute atomic E-state index is 0.512. The van der Waals surface area contributed by atoms with E-state index in [-0.39, 0.29) is 0 Å². The Morgan fingerprint density at radius 3 is 2.72 bits per heavy atom. The molecular weight excluding hydrogens is 228 g/mol. The number of hydrogen-bond donors (Lipinski definition) is 1. The molecule has 0 atom stereocenters. The van der Waals surface area contributed by atoms with Gasteiger partial charge in [0.1, 0.15) is 12.4 Å². The third-order valence-corrected chi connectivity index (χ3v) is 2.57. The van der Waals surface area contributed by atoms with Crippen molar-refractivity contribution in [2.75, 3.05) is 26.1 Å². The minimum atomic E-state index is 0.512. The molecule has 0 bridgehead atoms. The summed E-state index contributed by atoms with van der Waals surface area (Å²) in [5, 5.41) is 0. The van der Waals surface area contributed by atoms with Gasteiger partial charge in [-0.25, -0.2) is 0 Å². The van der Waals surface area contributed by atoms with Gasteiger partial charge in [-0.15, -0.1) is 0 Å². The summed E-state index contributed by atoms with van der Waals surface area (Å²) in [7, 11) is 1.65. The summed E-state index contributed by atoms with van der Waals surface area (Å²) >= 11 is 0. The van der Waals surface area contributed by atoms with Crippen LogP contribution in [-0.2, 0) is 4.74 Å². The number of methoxy groups -OCH3 is 1. The molecule has 4 heteroatoms. The molecule has 4 nitrogen and oxygen atoms in total. The Morgan fingerprint density at radius 1 is 1.11 bits per heavy atom. The normalized spacial score (nSPS) is 10.3. The van der Waals surface area contributed by atoms with Crippen molar-refractivity contribution < 1.29 is 9.47 Å². The Balaban J connectivity index is 2.30. The van der Waals surface area contributed by atoms with Crippen LogP contribution in [0.25, 0.3) is 11.1 Å². The van der Waals surface area contributed by atoms with Crippen LogP contribution in [0.15, 0.2) is 42.7 Å². The van der Waals surface area contributed by atoms with Crippen LogP contribution in [-0.4, -0.2) is 25.3 Å². The van der Waals surface area contributed by atoms with E-state index in [2.05, 4.69) is 4.98 Å². The van der Waals surface area contributed by atoms with E-state index in [0.717, 1.165) is 16.9 Å². The Hall–Kier alpha value is -2.07. The highest BCUT2D eigenvalue weighted by Crippen LogP contribution is 2.32. The van der Waals surface area contributed by atoms with Crippen LogP contribution in [0.3, 0.4) is 0 Å². The number of hydrogen-bond acceptors (Lipinski definition) is 4. The van der Waals surface area contributed by atoms with Gasteiger partial charge in [0.15, 0.2) is 0 Å². The zero-order valence-corrected chi connectivity index (χ0v) is 10.3. The smallest absolute Gasteiger partial charge is 0.127 e. The molecule has 18 heavy (non-hydrogen) atoms. The maximum absolute atomic E-state index is 5.93. The predicted molar refractivity (Wildman–Crippen MR) is 71.5 cm³/mol. The molecule has 0 aliphatic heterocycles. The van der Waals surface area contributed by atoms with Gasteiger partial charge in [-0.05, 0) is 12.1 Å². The largest absolute Gasteiger partial charge is 0.491 e. The van der Waals surface area contributed by atoms with E-state index >= 15 is 0 Å². The number of anilines is 1. The third kappa shape index (κ3) is 2.78. The zero-order valence-electron chi connectivity index (χ0n) is 10.3. The topological polar surface area (TPSA) is 57.4 Å². The van der Waals surface area contributed by atoms with E-state index in [9.17, 15) is 0 Å². The number of rotatable bonds is 5. The Bertz CT molecular complexity index is 515. The Morgan fingerprint density at radius 2 is 1.94 bits per heavy atom. The van der Waals surface area contributed by atoms with Gasteiger partial charge >= 0.3 is 0 Å². The van der Waals surface area contributed by atoms with Crippen LogP contribution in [0.1, 0.15) is 0 Å². The fraction of sp³-hybridized carbons (Fsp3) is 0.214. The lowest BCUT2D eigenvalue weighted by molar-refractivity contribution is 0.146. The summed E-state index contributed by atoms with van der Waals surface area (Å²) < 4.78 is 10.7. The summed E-state index contributed by atoms with van der Waals surface area (Å²) in [5.74, 6) is 0.799. The lowest BCUT2D eigenvalue weighted by atomic mass is 10.0. The number of aromatic nitrogens is 1. The Labute approximate surface area is 106 Å². The first-order chi connectivity index (χ1) is 8.83. The van der Waals surface area contributed by atoms with E-state index in [1.54, 1.807) is 19.5 Å². The van der Waals surface area contributed by atoms with E-state index in [0.29, 0.717) is 18.9 Å². The third-order valence-electron chi connectivity index (χ3n) is 2.57. The number of nitrogen functional groups attached to an aromatic ring is 1. The molecule has 1 aromatic carbocycles. The number of pyridine rings is 1. The summed E-state index contributed by atoms with van der Waals surface area (Å²) in [4.78, 5) is 3.99. The summed E-state index contributed by atoms with van der Waals surface area (Å²) in [5.41, 5.74) is 8.47. The maximum atomic E-state index is 5.93. The molecule has 0 saturated heterocycles. The van der Waals surface area contributed by atoms with Crippen molar-refractivity contribution in [3.8, 4) is 16.9 Å². The molecule has 0 fully saturated rings. The van der Waals surface area contributed by atoms with Crippen LogP contribution in [0.5, 0.6) is 5.75 Å². The SMILES string of the molecule is COCCOc1ccccc1-c1ccncc1N. The predicted octanol–water partition coefficient (Wildman–Crippen LogP) is 2.36. The standard InChI is InChI=1S/C14H16N2O2/c1-17-8-9-18-14-5-3-2-4-12(14)11-6-7-16-10-13(11)15/h2-7,10H,8-9,15H2,1H3. The van der Waals surface area contributed by atoms with Gasteiger partial charge in [0.05, 0.1) is 18.5 Å². The zero-order chi connectivity index (χ0) is 12.8. The molecule has 0 amide bonds. The van der Waals surface area contributed by atoms with Crippen molar-refractivity contribution in [3.05, 3.63) is 42.7 Å². The van der Waals surface area contributed by atoms with Crippen LogP contribution in [0.4, 0.5) is 5.69 Å². The lowest BCUT2D eigenvalue weighted by Gasteiger charge is -2.12. The van der Waals surface area contributed by atoms with Gasteiger partial charge in [0.25, 0.3) is 0 Å². The highest BCUT2D eigenvalue weighted by molar-refractivity contribution is 5.79. The second-order valence-corrected chi connectivity index (χ2v) is 3.80. The van der Waals surface area contributed by atoms with Gasteiger partial charge in [0.2, 0.25) is 0 Å². The Kier molecular flexibility index (Phi) is 4.15. The number of benzene rings is 1. The second kappa shape index (κ2) is 6.02. The number of nitrogens with two attached hydrogens (primary N) is 1. The molecule has 1 heterocycles. The van der Waals surface area contributed by atoms with Gasteiger partial charge in [-0.3, -0.25) is 4.98 Å². The fourth-order valence-corrected chi connectivity index (χ4v) is 1.70. The molecule has 0 radical (unpaired) electrons. The monoisotopic (exact) mass is 244 g/mol. The summed E-state index contributed by atoms with van der Waals surface area (Å²) in [6.07, 6.45) is 3.36. The number of ether oxygens (including phenoxy) is 2. The first-order valence-corrected chi connectivity index (χ1v) is 5.73. The van der Waals surface area contributed by atoms with Crippen molar-refractivity contribution in [1.82, 2.24) is 4.98 Å². The summed E-state index contributed by atoms with van der Waals surface area (Å²) in [6.45, 7) is 1.07. The van der Waals surface area contributed by atoms with Gasteiger partial charge in [0, 0.05) is 24.4 Å². The van der Waals surface area contributed by atoms with Crippen LogP contribution < -0.4 is 10.5 Å². The van der Waals surface area contributed by atoms with Crippen LogP contribution in [0.2, 0.25) is 0 Å². The molecule has 2 aromatic rings. The molecule has 0 saturated carbocycles. The van der Waals surface area contributed by atoms with E-state index in [4.69, 9.17) is 15.2 Å². The molecule has 0 unspecified atom stereocenters. The average molecular weight is 244 g/mol. The molecule has 2 rings (SSSR count). The fourth-order valence-electron chi connectivity index (χ4n) is 1.70. The van der Waals surface area contributed by atoms with E-state index < -0.39 is 0 Å². The van der Waals surface area contributed by atoms with E-state index in [1.807, 2.05) is 30.3 Å². The van der Waals surface area contributed by atoms with Crippen molar-refractivity contribution in [2.45, 2.75) is 0 Å². The van der Waals surface area contributed by atoms with Crippen molar-refractivity contribution in [1.29, 1.82) is 0 Å². The van der Waals surface area contributed by atoms with Crippen molar-refractivity contribution >= 4 is 5.69 Å². The number of nitrogens with zero attached hydrogens (tertiary/aromatic N) is 1. The molecule has 0 aliphatic carbocycles. The van der Waals surface area contributed by atoms with Gasteiger partial charge in [-0.1, -0.05) is 18.2 Å². The average Bonchev–Trinajstić information content (AvgIpc) is 2.40. The summed E-state index contributed by atoms with van der Waals surface area (Å²) in [6, 6.07) is 9.67. The molecule has 94 valence electrons. The molecule has 0 spiro atoms. The van der Waals surface area contributed by atoms with Crippen molar-refractivity contribution in [3.63, 3.8) is 0 Å². The van der Waals surface area contributed by atoms with Crippen molar-refractivity contribution in [2.24, 2.45) is 0 Å². The molecule has 0 aliphatic rings. The van der Waals surface area contributed by atoms with E-state index in [1.165, 1.54) is 0 Å². The first-order valence-electron chi connectivity index (χ1n) is 5.73. The molecule has 2 N–H and O–H groups in total. The van der Waals surface area contributed by atoms with Crippen LogP contribution >= 0.6 is 0 Å². The van der Waals surface area contributed by atoms with Gasteiger partial charge in [-0.2, -0.15) is 0 Å². The number of para-hydroxylation sites is 1. The minimum Gasteiger partial charge on any atom is -0.491 e. The second-order valence-electron chi connectivity index (χ2n) is 3.80. The highest BCUT2D eigenvalue weighted by atomic mass is 16.5. The quantitative estimate of drug-likeness (QED) is 0.820. The molecule has 1 aromatic heterocycles.